The molecule has 0 saturated carbocycles. The van der Waals surface area contributed by atoms with Gasteiger partial charge < -0.3 is 5.11 Å². The summed E-state index contributed by atoms with van der Waals surface area (Å²) in [6, 6.07) is 19.4. The highest BCUT2D eigenvalue weighted by atomic mass is 19.2. The lowest BCUT2D eigenvalue weighted by molar-refractivity contribution is -0.132. The highest BCUT2D eigenvalue weighted by Crippen LogP contribution is 2.41. The average molecular weight is 442 g/mol. The normalized spacial score (nSPS) is 17.6. The SMILES string of the molecule is O=C1C(=O)N(c2ccc(F)c(F)c2)C(c2ccccn2)/C1=C(/O)c1ccc2ccccc2c1. The van der Waals surface area contributed by atoms with E-state index < -0.39 is 29.4 Å². The van der Waals surface area contributed by atoms with Gasteiger partial charge in [0.15, 0.2) is 11.6 Å². The molecule has 7 heteroatoms. The van der Waals surface area contributed by atoms with Crippen LogP contribution in [0.1, 0.15) is 17.3 Å². The fourth-order valence-electron chi connectivity index (χ4n) is 4.04. The van der Waals surface area contributed by atoms with E-state index in [0.717, 1.165) is 27.8 Å². The fourth-order valence-corrected chi connectivity index (χ4v) is 4.04. The number of rotatable bonds is 3. The molecule has 1 N–H and O–H groups in total. The summed E-state index contributed by atoms with van der Waals surface area (Å²) in [5.41, 5.74) is 0.435. The number of benzene rings is 3. The standard InChI is InChI=1S/C26H16F2N2O3/c27-19-11-10-18(14-20(19)28)30-23(21-7-3-4-12-29-21)22(25(32)26(30)33)24(31)17-9-8-15-5-1-2-6-16(15)13-17/h1-14,23,31H/b24-22-. The molecule has 1 unspecified atom stereocenters. The zero-order valence-electron chi connectivity index (χ0n) is 17.1. The molecule has 2 heterocycles. The largest absolute Gasteiger partial charge is 0.507 e. The van der Waals surface area contributed by atoms with Crippen LogP contribution in [0.15, 0.2) is 90.6 Å². The van der Waals surface area contributed by atoms with Crippen molar-refractivity contribution in [2.24, 2.45) is 0 Å². The monoisotopic (exact) mass is 442 g/mol. The van der Waals surface area contributed by atoms with Gasteiger partial charge in [0.05, 0.1) is 11.3 Å². The van der Waals surface area contributed by atoms with Crippen molar-refractivity contribution >= 4 is 33.9 Å². The zero-order valence-corrected chi connectivity index (χ0v) is 17.1. The van der Waals surface area contributed by atoms with Crippen molar-refractivity contribution in [1.29, 1.82) is 0 Å². The third-order valence-corrected chi connectivity index (χ3v) is 5.62. The molecule has 1 aromatic heterocycles. The Morgan fingerprint density at radius 3 is 2.33 bits per heavy atom. The van der Waals surface area contributed by atoms with E-state index in [0.29, 0.717) is 11.3 Å². The summed E-state index contributed by atoms with van der Waals surface area (Å²) in [5, 5.41) is 13.0. The minimum Gasteiger partial charge on any atom is -0.507 e. The van der Waals surface area contributed by atoms with Crippen molar-refractivity contribution in [2.75, 3.05) is 4.90 Å². The lowest BCUT2D eigenvalue weighted by Gasteiger charge is -2.24. The first-order valence-corrected chi connectivity index (χ1v) is 10.1. The third kappa shape index (κ3) is 3.43. The number of ketones is 1. The molecule has 0 radical (unpaired) electrons. The van der Waals surface area contributed by atoms with Gasteiger partial charge >= 0.3 is 0 Å². The number of pyridine rings is 1. The van der Waals surface area contributed by atoms with Gasteiger partial charge in [-0.05, 0) is 41.1 Å². The van der Waals surface area contributed by atoms with Gasteiger partial charge in [-0.2, -0.15) is 0 Å². The molecule has 1 saturated heterocycles. The van der Waals surface area contributed by atoms with E-state index >= 15 is 0 Å². The number of Topliss-reactive ketones (excluding diaryl/α,β-unsaturated/α-hetero) is 1. The van der Waals surface area contributed by atoms with E-state index in [1.54, 1.807) is 36.4 Å². The summed E-state index contributed by atoms with van der Waals surface area (Å²) >= 11 is 0. The molecule has 5 rings (SSSR count). The van der Waals surface area contributed by atoms with Crippen LogP contribution in [0, 0.1) is 11.6 Å². The lowest BCUT2D eigenvalue weighted by Crippen LogP contribution is -2.30. The Labute approximate surface area is 187 Å². The number of fused-ring (bicyclic) bond motifs is 1. The maximum absolute atomic E-state index is 14.0. The van der Waals surface area contributed by atoms with Crippen LogP contribution in [0.25, 0.3) is 16.5 Å². The molecule has 1 aliphatic heterocycles. The second-order valence-electron chi connectivity index (χ2n) is 7.58. The average Bonchev–Trinajstić information content (AvgIpc) is 3.11. The molecule has 0 aliphatic carbocycles. The quantitative estimate of drug-likeness (QED) is 0.271. The minimum atomic E-state index is -1.16. The number of aromatic nitrogens is 1. The Morgan fingerprint density at radius 2 is 1.61 bits per heavy atom. The number of carbonyl (C=O) groups excluding carboxylic acids is 2. The lowest BCUT2D eigenvalue weighted by atomic mass is 9.97. The molecule has 0 spiro atoms. The number of aliphatic hydroxyl groups excluding tert-OH is 1. The number of hydrogen-bond donors (Lipinski definition) is 1. The molecular weight excluding hydrogens is 426 g/mol. The van der Waals surface area contributed by atoms with Crippen LogP contribution in [-0.4, -0.2) is 21.8 Å². The summed E-state index contributed by atoms with van der Waals surface area (Å²) in [7, 11) is 0. The van der Waals surface area contributed by atoms with Crippen molar-refractivity contribution in [3.05, 3.63) is 114 Å². The van der Waals surface area contributed by atoms with Crippen LogP contribution >= 0.6 is 0 Å². The van der Waals surface area contributed by atoms with E-state index in [1.165, 1.54) is 12.3 Å². The van der Waals surface area contributed by atoms with E-state index in [4.69, 9.17) is 0 Å². The van der Waals surface area contributed by atoms with E-state index in [1.807, 2.05) is 24.3 Å². The number of nitrogens with zero attached hydrogens (tertiary/aromatic N) is 2. The maximum Gasteiger partial charge on any atom is 0.300 e. The molecule has 1 atom stereocenters. The molecule has 3 aromatic carbocycles. The number of aliphatic hydroxyl groups is 1. The first-order valence-electron chi connectivity index (χ1n) is 10.1. The number of halogens is 2. The first kappa shape index (κ1) is 20.5. The summed E-state index contributed by atoms with van der Waals surface area (Å²) in [5.74, 6) is -4.54. The smallest absolute Gasteiger partial charge is 0.300 e. The van der Waals surface area contributed by atoms with Crippen molar-refractivity contribution in [3.8, 4) is 0 Å². The van der Waals surface area contributed by atoms with E-state index in [2.05, 4.69) is 4.98 Å². The van der Waals surface area contributed by atoms with Crippen molar-refractivity contribution in [2.45, 2.75) is 6.04 Å². The van der Waals surface area contributed by atoms with Gasteiger partial charge in [0.1, 0.15) is 11.8 Å². The Kier molecular flexibility index (Phi) is 4.94. The van der Waals surface area contributed by atoms with E-state index in [-0.39, 0.29) is 17.0 Å². The van der Waals surface area contributed by atoms with Crippen LogP contribution in [0.2, 0.25) is 0 Å². The topological polar surface area (TPSA) is 70.5 Å². The molecule has 0 bridgehead atoms. The summed E-state index contributed by atoms with van der Waals surface area (Å²) in [6.45, 7) is 0. The molecule has 4 aromatic rings. The Hall–Kier alpha value is -4.39. The van der Waals surface area contributed by atoms with Crippen molar-refractivity contribution < 1.29 is 23.5 Å². The Balaban J connectivity index is 1.73. The zero-order chi connectivity index (χ0) is 23.1. The molecular formula is C26H16F2N2O3. The van der Waals surface area contributed by atoms with Gasteiger partial charge in [-0.3, -0.25) is 19.5 Å². The van der Waals surface area contributed by atoms with Crippen LogP contribution in [0.4, 0.5) is 14.5 Å². The maximum atomic E-state index is 14.0. The second kappa shape index (κ2) is 7.94. The highest BCUT2D eigenvalue weighted by Gasteiger charge is 2.47. The highest BCUT2D eigenvalue weighted by molar-refractivity contribution is 6.51. The number of hydrogen-bond acceptors (Lipinski definition) is 4. The first-order chi connectivity index (χ1) is 16.0. The van der Waals surface area contributed by atoms with Crippen molar-refractivity contribution in [3.63, 3.8) is 0 Å². The van der Waals surface area contributed by atoms with Gasteiger partial charge in [0, 0.05) is 23.5 Å². The molecule has 162 valence electrons. The molecule has 1 amide bonds. The molecule has 1 aliphatic rings. The van der Waals surface area contributed by atoms with Gasteiger partial charge in [0.25, 0.3) is 11.7 Å². The molecule has 5 nitrogen and oxygen atoms in total. The summed E-state index contributed by atoms with van der Waals surface area (Å²) in [6.07, 6.45) is 1.48. The molecule has 33 heavy (non-hydrogen) atoms. The van der Waals surface area contributed by atoms with Crippen LogP contribution in [0.5, 0.6) is 0 Å². The van der Waals surface area contributed by atoms with Gasteiger partial charge in [-0.15, -0.1) is 0 Å². The number of anilines is 1. The predicted octanol–water partition coefficient (Wildman–Crippen LogP) is 5.14. The van der Waals surface area contributed by atoms with Crippen molar-refractivity contribution in [1.82, 2.24) is 4.98 Å². The van der Waals surface area contributed by atoms with Gasteiger partial charge in [-0.1, -0.05) is 42.5 Å². The van der Waals surface area contributed by atoms with Crippen LogP contribution in [-0.2, 0) is 9.59 Å². The molecule has 1 fully saturated rings. The number of carbonyl (C=O) groups is 2. The second-order valence-corrected chi connectivity index (χ2v) is 7.58. The minimum absolute atomic E-state index is 0.0239. The summed E-state index contributed by atoms with van der Waals surface area (Å²) < 4.78 is 27.5. The van der Waals surface area contributed by atoms with E-state index in [9.17, 15) is 23.5 Å². The number of amides is 1. The Bertz CT molecular complexity index is 1450. The predicted molar refractivity (Wildman–Crippen MR) is 119 cm³/mol. The van der Waals surface area contributed by atoms with Gasteiger partial charge in [0.2, 0.25) is 0 Å². The Morgan fingerprint density at radius 1 is 0.848 bits per heavy atom. The van der Waals surface area contributed by atoms with Gasteiger partial charge in [-0.25, -0.2) is 8.78 Å². The van der Waals surface area contributed by atoms with Crippen LogP contribution < -0.4 is 4.90 Å². The fraction of sp³-hybridized carbons (Fsp3) is 0.0385. The van der Waals surface area contributed by atoms with Crippen LogP contribution in [0.3, 0.4) is 0 Å². The third-order valence-electron chi connectivity index (χ3n) is 5.62. The summed E-state index contributed by atoms with van der Waals surface area (Å²) in [4.78, 5) is 31.4.